The topological polar surface area (TPSA) is 32.3 Å². The van der Waals surface area contributed by atoms with Crippen LogP contribution >= 0.6 is 28.3 Å². The number of hydrogen-bond donors (Lipinski definition) is 1. The van der Waals surface area contributed by atoms with E-state index < -0.39 is 0 Å². The summed E-state index contributed by atoms with van der Waals surface area (Å²) < 4.78 is 1.08. The van der Waals surface area contributed by atoms with Crippen molar-refractivity contribution in [3.8, 4) is 0 Å². The molecule has 0 saturated carbocycles. The number of amides is 1. The van der Waals surface area contributed by atoms with Crippen molar-refractivity contribution in [2.75, 3.05) is 19.6 Å². The number of hydrogen-bond acceptors (Lipinski definition) is 2. The number of carbonyl (C=O) groups excluding carboxylic acids is 1. The number of rotatable bonds is 4. The first-order chi connectivity index (χ1) is 9.60. The molecule has 21 heavy (non-hydrogen) atoms. The normalized spacial score (nSPS) is 19.8. The Kier molecular flexibility index (Phi) is 7.71. The van der Waals surface area contributed by atoms with Crippen LogP contribution in [0.4, 0.5) is 0 Å². The lowest BCUT2D eigenvalue weighted by Crippen LogP contribution is -2.52. The van der Waals surface area contributed by atoms with Crippen molar-refractivity contribution in [3.63, 3.8) is 0 Å². The first-order valence-corrected chi connectivity index (χ1v) is 8.16. The van der Waals surface area contributed by atoms with Gasteiger partial charge >= 0.3 is 0 Å². The second-order valence-corrected chi connectivity index (χ2v) is 6.49. The largest absolute Gasteiger partial charge is 0.340 e. The zero-order valence-corrected chi connectivity index (χ0v) is 15.0. The van der Waals surface area contributed by atoms with Gasteiger partial charge in [-0.3, -0.25) is 4.79 Å². The second kappa shape index (κ2) is 8.76. The fourth-order valence-electron chi connectivity index (χ4n) is 2.75. The molecule has 1 saturated heterocycles. The van der Waals surface area contributed by atoms with Crippen LogP contribution in [0.1, 0.15) is 25.8 Å². The summed E-state index contributed by atoms with van der Waals surface area (Å²) in [7, 11) is 0. The minimum atomic E-state index is 0. The summed E-state index contributed by atoms with van der Waals surface area (Å²) in [4.78, 5) is 14.7. The first-order valence-electron chi connectivity index (χ1n) is 7.36. The molecule has 118 valence electrons. The van der Waals surface area contributed by atoms with E-state index in [2.05, 4.69) is 47.2 Å². The fourth-order valence-corrected chi connectivity index (χ4v) is 3.19. The summed E-state index contributed by atoms with van der Waals surface area (Å²) in [5, 5.41) is 3.38. The summed E-state index contributed by atoms with van der Waals surface area (Å²) >= 11 is 3.49. The Morgan fingerprint density at radius 2 is 2.29 bits per heavy atom. The highest BCUT2D eigenvalue weighted by atomic mass is 79.9. The summed E-state index contributed by atoms with van der Waals surface area (Å²) in [6.45, 7) is 6.80. The van der Waals surface area contributed by atoms with E-state index in [-0.39, 0.29) is 18.3 Å². The average Bonchev–Trinajstić information content (AvgIpc) is 2.44. The van der Waals surface area contributed by atoms with E-state index in [4.69, 9.17) is 0 Å². The molecule has 1 amide bonds. The summed E-state index contributed by atoms with van der Waals surface area (Å²) in [6, 6.07) is 8.65. The third-order valence-electron chi connectivity index (χ3n) is 3.89. The van der Waals surface area contributed by atoms with Crippen LogP contribution in [0, 0.1) is 5.92 Å². The molecule has 2 unspecified atom stereocenters. The molecule has 1 N–H and O–H groups in total. The lowest BCUT2D eigenvalue weighted by molar-refractivity contribution is -0.136. The third kappa shape index (κ3) is 5.28. The van der Waals surface area contributed by atoms with Crippen LogP contribution in [-0.4, -0.2) is 36.5 Å². The minimum absolute atomic E-state index is 0. The van der Waals surface area contributed by atoms with E-state index in [9.17, 15) is 4.79 Å². The van der Waals surface area contributed by atoms with Crippen LogP contribution in [0.5, 0.6) is 0 Å². The van der Waals surface area contributed by atoms with Crippen LogP contribution in [0.25, 0.3) is 0 Å². The van der Waals surface area contributed by atoms with Gasteiger partial charge in [-0.05, 0) is 37.5 Å². The second-order valence-electron chi connectivity index (χ2n) is 5.58. The van der Waals surface area contributed by atoms with E-state index in [0.717, 1.165) is 36.9 Å². The van der Waals surface area contributed by atoms with Gasteiger partial charge in [-0.25, -0.2) is 0 Å². The molecule has 1 heterocycles. The molecule has 0 radical (unpaired) electrons. The Hall–Kier alpha value is -0.580. The Balaban J connectivity index is 0.00000220. The zero-order chi connectivity index (χ0) is 14.5. The molecule has 1 fully saturated rings. The molecule has 1 aliphatic heterocycles. The highest BCUT2D eigenvalue weighted by Crippen LogP contribution is 2.19. The van der Waals surface area contributed by atoms with Gasteiger partial charge in [0.05, 0.1) is 0 Å². The maximum Gasteiger partial charge on any atom is 0.226 e. The van der Waals surface area contributed by atoms with Gasteiger partial charge in [0.2, 0.25) is 5.91 Å². The summed E-state index contributed by atoms with van der Waals surface area (Å²) in [6.07, 6.45) is 1.72. The molecule has 0 bridgehead atoms. The van der Waals surface area contributed by atoms with Crippen molar-refractivity contribution in [1.82, 2.24) is 10.2 Å². The van der Waals surface area contributed by atoms with Gasteiger partial charge in [0, 0.05) is 36.1 Å². The van der Waals surface area contributed by atoms with Crippen molar-refractivity contribution >= 4 is 34.2 Å². The van der Waals surface area contributed by atoms with Gasteiger partial charge < -0.3 is 10.2 Å². The standard InChI is InChI=1S/C16H23BrN2O.ClH/c1-3-14(9-13-5-4-6-15(17)10-13)16(20)19-8-7-18-12(2)11-19;/h4-6,10,12,14,18H,3,7-9,11H2,1-2H3;1H. The molecule has 0 spiro atoms. The first kappa shape index (κ1) is 18.5. The summed E-state index contributed by atoms with van der Waals surface area (Å²) in [5.41, 5.74) is 1.22. The smallest absolute Gasteiger partial charge is 0.226 e. The molecular formula is C16H24BrClN2O. The van der Waals surface area contributed by atoms with Crippen LogP contribution < -0.4 is 5.32 Å². The molecule has 1 aromatic rings. The molecular weight excluding hydrogens is 352 g/mol. The molecule has 2 atom stereocenters. The number of nitrogens with zero attached hydrogens (tertiary/aromatic N) is 1. The molecule has 1 aliphatic rings. The predicted molar refractivity (Wildman–Crippen MR) is 92.9 cm³/mol. The maximum atomic E-state index is 12.7. The van der Waals surface area contributed by atoms with Crippen molar-refractivity contribution in [3.05, 3.63) is 34.3 Å². The van der Waals surface area contributed by atoms with Crippen LogP contribution in [0.3, 0.4) is 0 Å². The Labute approximate surface area is 142 Å². The molecule has 0 aliphatic carbocycles. The van der Waals surface area contributed by atoms with Gasteiger partial charge in [-0.15, -0.1) is 12.4 Å². The monoisotopic (exact) mass is 374 g/mol. The van der Waals surface area contributed by atoms with Gasteiger partial charge in [-0.2, -0.15) is 0 Å². The highest BCUT2D eigenvalue weighted by Gasteiger charge is 2.26. The number of nitrogens with one attached hydrogen (secondary N) is 1. The number of benzene rings is 1. The number of halogens is 2. The quantitative estimate of drug-likeness (QED) is 0.876. The van der Waals surface area contributed by atoms with E-state index in [1.807, 2.05) is 17.0 Å². The molecule has 2 rings (SSSR count). The van der Waals surface area contributed by atoms with Crippen molar-refractivity contribution in [1.29, 1.82) is 0 Å². The van der Waals surface area contributed by atoms with E-state index in [1.165, 1.54) is 5.56 Å². The molecule has 0 aromatic heterocycles. The fraction of sp³-hybridized carbons (Fsp3) is 0.562. The Bertz CT molecular complexity index is 469. The SMILES string of the molecule is CCC(Cc1cccc(Br)c1)C(=O)N1CCNC(C)C1.Cl. The van der Waals surface area contributed by atoms with Gasteiger partial charge in [0.15, 0.2) is 0 Å². The Morgan fingerprint density at radius 1 is 1.52 bits per heavy atom. The lowest BCUT2D eigenvalue weighted by Gasteiger charge is -2.34. The van der Waals surface area contributed by atoms with Crippen molar-refractivity contribution < 1.29 is 4.79 Å². The van der Waals surface area contributed by atoms with Gasteiger partial charge in [-0.1, -0.05) is 35.0 Å². The number of piperazine rings is 1. The molecule has 3 nitrogen and oxygen atoms in total. The van der Waals surface area contributed by atoms with Crippen molar-refractivity contribution in [2.24, 2.45) is 5.92 Å². The van der Waals surface area contributed by atoms with Crippen LogP contribution in [-0.2, 0) is 11.2 Å². The van der Waals surface area contributed by atoms with Crippen LogP contribution in [0.15, 0.2) is 28.7 Å². The average molecular weight is 376 g/mol. The predicted octanol–water partition coefficient (Wildman–Crippen LogP) is 3.26. The Morgan fingerprint density at radius 3 is 2.90 bits per heavy atom. The van der Waals surface area contributed by atoms with Crippen LogP contribution in [0.2, 0.25) is 0 Å². The minimum Gasteiger partial charge on any atom is -0.340 e. The maximum absolute atomic E-state index is 12.7. The van der Waals surface area contributed by atoms with Gasteiger partial charge in [0.1, 0.15) is 0 Å². The van der Waals surface area contributed by atoms with E-state index >= 15 is 0 Å². The van der Waals surface area contributed by atoms with E-state index in [1.54, 1.807) is 0 Å². The van der Waals surface area contributed by atoms with Gasteiger partial charge in [0.25, 0.3) is 0 Å². The lowest BCUT2D eigenvalue weighted by atomic mass is 9.95. The summed E-state index contributed by atoms with van der Waals surface area (Å²) in [5.74, 6) is 0.399. The van der Waals surface area contributed by atoms with Crippen molar-refractivity contribution in [2.45, 2.75) is 32.7 Å². The molecule has 5 heteroatoms. The highest BCUT2D eigenvalue weighted by molar-refractivity contribution is 9.10. The zero-order valence-electron chi connectivity index (χ0n) is 12.6. The van der Waals surface area contributed by atoms with E-state index in [0.29, 0.717) is 11.9 Å². The molecule has 1 aromatic carbocycles. The number of carbonyl (C=O) groups is 1. The third-order valence-corrected chi connectivity index (χ3v) is 4.39.